The average Bonchev–Trinajstić information content (AvgIpc) is 3.17. The molecule has 0 fully saturated rings. The van der Waals surface area contributed by atoms with E-state index in [0.29, 0.717) is 5.02 Å². The molecule has 1 aliphatic heterocycles. The van der Waals surface area contributed by atoms with Gasteiger partial charge in [0.15, 0.2) is 0 Å². The minimum atomic E-state index is 0.0457. The summed E-state index contributed by atoms with van der Waals surface area (Å²) in [6.45, 7) is 3.69. The first-order valence-corrected chi connectivity index (χ1v) is 9.37. The number of hydrogen-bond donors (Lipinski definition) is 2. The first-order valence-electron chi connectivity index (χ1n) is 8.99. The fraction of sp³-hybridized carbons (Fsp3) is 0.238. The Hall–Kier alpha value is -2.79. The zero-order valence-electron chi connectivity index (χ0n) is 15.2. The molecule has 2 N–H and O–H groups in total. The first kappa shape index (κ1) is 17.6. The lowest BCUT2D eigenvalue weighted by Gasteiger charge is -2.39. The van der Waals surface area contributed by atoms with Crippen LogP contribution in [0.1, 0.15) is 31.9 Å². The molecule has 2 aromatic carbocycles. The number of carbonyl (C=O) groups is 1. The Balaban J connectivity index is 1.79. The van der Waals surface area contributed by atoms with Crippen LogP contribution in [0.2, 0.25) is 5.02 Å². The molecule has 1 amide bonds. The largest absolute Gasteiger partial charge is 0.377 e. The van der Waals surface area contributed by atoms with Crippen LogP contribution >= 0.6 is 11.6 Å². The highest BCUT2D eigenvalue weighted by molar-refractivity contribution is 6.33. The van der Waals surface area contributed by atoms with Gasteiger partial charge in [-0.3, -0.25) is 9.89 Å². The number of aromatic amines is 1. The molecule has 5 nitrogen and oxygen atoms in total. The van der Waals surface area contributed by atoms with Crippen molar-refractivity contribution in [1.82, 2.24) is 10.2 Å². The molecule has 0 bridgehead atoms. The van der Waals surface area contributed by atoms with Crippen LogP contribution in [0.4, 0.5) is 11.4 Å². The Labute approximate surface area is 163 Å². The third-order valence-electron chi connectivity index (χ3n) is 5.02. The summed E-state index contributed by atoms with van der Waals surface area (Å²) in [4.78, 5) is 14.1. The van der Waals surface area contributed by atoms with Crippen molar-refractivity contribution in [2.45, 2.75) is 32.4 Å². The van der Waals surface area contributed by atoms with Crippen molar-refractivity contribution < 1.29 is 4.79 Å². The number of amides is 1. The molecule has 4 rings (SSSR count). The highest BCUT2D eigenvalue weighted by Crippen LogP contribution is 2.41. The number of nitrogens with one attached hydrogen (secondary N) is 2. The van der Waals surface area contributed by atoms with E-state index in [0.717, 1.165) is 34.6 Å². The lowest BCUT2D eigenvalue weighted by atomic mass is 9.89. The maximum absolute atomic E-state index is 12.3. The predicted octanol–water partition coefficient (Wildman–Crippen LogP) is 5.03. The second kappa shape index (κ2) is 7.08. The Bertz CT molecular complexity index is 970. The van der Waals surface area contributed by atoms with Gasteiger partial charge in [-0.25, -0.2) is 0 Å². The molecule has 0 saturated heterocycles. The van der Waals surface area contributed by atoms with Gasteiger partial charge < -0.3 is 10.2 Å². The van der Waals surface area contributed by atoms with Crippen LogP contribution in [0.3, 0.4) is 0 Å². The summed E-state index contributed by atoms with van der Waals surface area (Å²) < 4.78 is 0. The molecule has 0 spiro atoms. The predicted molar refractivity (Wildman–Crippen MR) is 109 cm³/mol. The molecule has 1 aromatic heterocycles. The molecule has 2 atom stereocenters. The summed E-state index contributed by atoms with van der Waals surface area (Å²) >= 11 is 6.36. The van der Waals surface area contributed by atoms with Crippen molar-refractivity contribution in [3.8, 4) is 11.3 Å². The number of H-pyrrole nitrogens is 1. The van der Waals surface area contributed by atoms with E-state index in [1.54, 1.807) is 13.1 Å². The monoisotopic (exact) mass is 380 g/mol. The SMILES string of the molecule is CC(=O)N1c2ccc(-c3cc[nH]n3)cc2[C@H](Nc2ccccc2Cl)C[C@@H]1C. The smallest absolute Gasteiger partial charge is 0.224 e. The summed E-state index contributed by atoms with van der Waals surface area (Å²) in [5, 5.41) is 11.4. The van der Waals surface area contributed by atoms with E-state index in [1.165, 1.54) is 0 Å². The first-order chi connectivity index (χ1) is 13.0. The highest BCUT2D eigenvalue weighted by atomic mass is 35.5. The molecule has 27 heavy (non-hydrogen) atoms. The van der Waals surface area contributed by atoms with Crippen LogP contribution in [-0.2, 0) is 4.79 Å². The molecule has 2 heterocycles. The van der Waals surface area contributed by atoms with Crippen molar-refractivity contribution in [3.63, 3.8) is 0 Å². The Kier molecular flexibility index (Phi) is 4.62. The standard InChI is InChI=1S/C21H21ClN4O/c1-13-11-20(24-19-6-4-3-5-17(19)22)16-12-15(18-9-10-23-25-18)7-8-21(16)26(13)14(2)27/h3-10,12-13,20,24H,11H2,1-2H3,(H,23,25)/t13-,20+/m0/s1. The highest BCUT2D eigenvalue weighted by Gasteiger charge is 2.33. The Morgan fingerprint density at radius 3 is 2.78 bits per heavy atom. The van der Waals surface area contributed by atoms with Crippen LogP contribution < -0.4 is 10.2 Å². The summed E-state index contributed by atoms with van der Waals surface area (Å²) in [6.07, 6.45) is 2.60. The van der Waals surface area contributed by atoms with Gasteiger partial charge in [-0.05, 0) is 49.2 Å². The Morgan fingerprint density at radius 1 is 1.26 bits per heavy atom. The molecule has 0 unspecified atom stereocenters. The minimum Gasteiger partial charge on any atom is -0.377 e. The van der Waals surface area contributed by atoms with Crippen LogP contribution in [0, 0.1) is 0 Å². The maximum atomic E-state index is 12.3. The van der Waals surface area contributed by atoms with Gasteiger partial charge >= 0.3 is 0 Å². The van der Waals surface area contributed by atoms with Gasteiger partial charge in [0.1, 0.15) is 0 Å². The van der Waals surface area contributed by atoms with Gasteiger partial charge in [0.25, 0.3) is 0 Å². The molecule has 1 aliphatic rings. The van der Waals surface area contributed by atoms with Gasteiger partial charge in [0.05, 0.1) is 22.4 Å². The van der Waals surface area contributed by atoms with Gasteiger partial charge in [0, 0.05) is 30.4 Å². The van der Waals surface area contributed by atoms with E-state index in [1.807, 2.05) is 47.4 Å². The number of rotatable bonds is 3. The zero-order chi connectivity index (χ0) is 19.0. The van der Waals surface area contributed by atoms with E-state index in [-0.39, 0.29) is 18.0 Å². The van der Waals surface area contributed by atoms with E-state index in [9.17, 15) is 4.79 Å². The number of hydrogen-bond acceptors (Lipinski definition) is 3. The fourth-order valence-electron chi connectivity index (χ4n) is 3.83. The van der Waals surface area contributed by atoms with Crippen molar-refractivity contribution in [3.05, 3.63) is 65.3 Å². The number of carbonyl (C=O) groups excluding carboxylic acids is 1. The third-order valence-corrected chi connectivity index (χ3v) is 5.35. The molecule has 0 saturated carbocycles. The summed E-state index contributed by atoms with van der Waals surface area (Å²) in [5.74, 6) is 0.0486. The number of aromatic nitrogens is 2. The van der Waals surface area contributed by atoms with Crippen LogP contribution in [-0.4, -0.2) is 22.1 Å². The van der Waals surface area contributed by atoms with Crippen molar-refractivity contribution in [2.24, 2.45) is 0 Å². The lowest BCUT2D eigenvalue weighted by Crippen LogP contribution is -2.43. The van der Waals surface area contributed by atoms with Gasteiger partial charge in [-0.1, -0.05) is 29.8 Å². The molecule has 6 heteroatoms. The van der Waals surface area contributed by atoms with Crippen LogP contribution in [0.25, 0.3) is 11.3 Å². The molecule has 3 aromatic rings. The van der Waals surface area contributed by atoms with E-state index < -0.39 is 0 Å². The molecule has 138 valence electrons. The summed E-state index contributed by atoms with van der Waals surface area (Å²) in [7, 11) is 0. The maximum Gasteiger partial charge on any atom is 0.224 e. The number of nitrogens with zero attached hydrogens (tertiary/aromatic N) is 2. The molecule has 0 aliphatic carbocycles. The summed E-state index contributed by atoms with van der Waals surface area (Å²) in [5.41, 5.74) is 4.79. The van der Waals surface area contributed by atoms with Crippen molar-refractivity contribution in [1.29, 1.82) is 0 Å². The second-order valence-corrected chi connectivity index (χ2v) is 7.29. The minimum absolute atomic E-state index is 0.0457. The molecule has 0 radical (unpaired) electrons. The quantitative estimate of drug-likeness (QED) is 0.670. The normalized spacial score (nSPS) is 18.9. The number of anilines is 2. The Morgan fingerprint density at radius 2 is 2.07 bits per heavy atom. The summed E-state index contributed by atoms with van der Waals surface area (Å²) in [6, 6.07) is 15.9. The molecular formula is C21H21ClN4O. The zero-order valence-corrected chi connectivity index (χ0v) is 16.0. The van der Waals surface area contributed by atoms with E-state index in [2.05, 4.69) is 28.5 Å². The second-order valence-electron chi connectivity index (χ2n) is 6.88. The fourth-order valence-corrected chi connectivity index (χ4v) is 4.02. The average molecular weight is 381 g/mol. The van der Waals surface area contributed by atoms with Gasteiger partial charge in [-0.2, -0.15) is 5.10 Å². The van der Waals surface area contributed by atoms with Crippen molar-refractivity contribution >= 4 is 28.9 Å². The van der Waals surface area contributed by atoms with Crippen LogP contribution in [0.15, 0.2) is 54.7 Å². The number of para-hydroxylation sites is 1. The number of fused-ring (bicyclic) bond motifs is 1. The van der Waals surface area contributed by atoms with Crippen molar-refractivity contribution in [2.75, 3.05) is 10.2 Å². The van der Waals surface area contributed by atoms with Gasteiger partial charge in [0.2, 0.25) is 5.91 Å². The van der Waals surface area contributed by atoms with E-state index >= 15 is 0 Å². The lowest BCUT2D eigenvalue weighted by molar-refractivity contribution is -0.117. The molecular weight excluding hydrogens is 360 g/mol. The number of halogens is 1. The topological polar surface area (TPSA) is 61.0 Å². The van der Waals surface area contributed by atoms with E-state index in [4.69, 9.17) is 11.6 Å². The third kappa shape index (κ3) is 3.30. The number of benzene rings is 2. The van der Waals surface area contributed by atoms with Crippen LogP contribution in [0.5, 0.6) is 0 Å². The van der Waals surface area contributed by atoms with Gasteiger partial charge in [-0.15, -0.1) is 0 Å².